The van der Waals surface area contributed by atoms with Gasteiger partial charge in [0.05, 0.1) is 10.2 Å². The molecule has 0 spiro atoms. The third-order valence-corrected chi connectivity index (χ3v) is 3.71. The SMILES string of the molecule is CCc1nc(-c2ccccc2C)nc(NC)c1Br. The zero-order valence-electron chi connectivity index (χ0n) is 10.8. The van der Waals surface area contributed by atoms with E-state index in [9.17, 15) is 0 Å². The van der Waals surface area contributed by atoms with Gasteiger partial charge in [-0.1, -0.05) is 31.2 Å². The van der Waals surface area contributed by atoms with Crippen LogP contribution >= 0.6 is 15.9 Å². The molecule has 94 valence electrons. The summed E-state index contributed by atoms with van der Waals surface area (Å²) < 4.78 is 0.949. The van der Waals surface area contributed by atoms with E-state index in [0.717, 1.165) is 33.8 Å². The fraction of sp³-hybridized carbons (Fsp3) is 0.286. The molecule has 2 aromatic rings. The van der Waals surface area contributed by atoms with Crippen molar-refractivity contribution in [3.8, 4) is 11.4 Å². The Morgan fingerprint density at radius 2 is 1.94 bits per heavy atom. The van der Waals surface area contributed by atoms with E-state index in [2.05, 4.69) is 57.2 Å². The van der Waals surface area contributed by atoms with Gasteiger partial charge in [0.25, 0.3) is 0 Å². The second kappa shape index (κ2) is 5.48. The molecule has 1 aromatic heterocycles. The van der Waals surface area contributed by atoms with Crippen molar-refractivity contribution < 1.29 is 0 Å². The highest BCUT2D eigenvalue weighted by atomic mass is 79.9. The topological polar surface area (TPSA) is 37.8 Å². The highest BCUT2D eigenvalue weighted by Crippen LogP contribution is 2.28. The monoisotopic (exact) mass is 305 g/mol. The first-order valence-electron chi connectivity index (χ1n) is 5.97. The van der Waals surface area contributed by atoms with Crippen molar-refractivity contribution in [2.45, 2.75) is 20.3 Å². The Hall–Kier alpha value is -1.42. The van der Waals surface area contributed by atoms with Gasteiger partial charge in [0.2, 0.25) is 0 Å². The van der Waals surface area contributed by atoms with Gasteiger partial charge in [-0.05, 0) is 34.8 Å². The molecule has 4 heteroatoms. The van der Waals surface area contributed by atoms with Crippen LogP contribution in [0, 0.1) is 6.92 Å². The van der Waals surface area contributed by atoms with Gasteiger partial charge in [0.15, 0.2) is 5.82 Å². The minimum absolute atomic E-state index is 0.775. The Balaban J connectivity index is 2.62. The number of nitrogens with zero attached hydrogens (tertiary/aromatic N) is 2. The van der Waals surface area contributed by atoms with Crippen LogP contribution in [0.4, 0.5) is 5.82 Å². The first-order valence-corrected chi connectivity index (χ1v) is 6.76. The van der Waals surface area contributed by atoms with E-state index in [4.69, 9.17) is 0 Å². The molecule has 3 nitrogen and oxygen atoms in total. The Morgan fingerprint density at radius 3 is 2.56 bits per heavy atom. The van der Waals surface area contributed by atoms with Crippen molar-refractivity contribution in [3.63, 3.8) is 0 Å². The quantitative estimate of drug-likeness (QED) is 0.937. The van der Waals surface area contributed by atoms with Crippen molar-refractivity contribution in [1.82, 2.24) is 9.97 Å². The fourth-order valence-corrected chi connectivity index (χ4v) is 2.49. The molecule has 0 saturated carbocycles. The number of benzene rings is 1. The predicted molar refractivity (Wildman–Crippen MR) is 78.8 cm³/mol. The highest BCUT2D eigenvalue weighted by Gasteiger charge is 2.12. The van der Waals surface area contributed by atoms with Gasteiger partial charge >= 0.3 is 0 Å². The van der Waals surface area contributed by atoms with E-state index in [0.29, 0.717) is 0 Å². The van der Waals surface area contributed by atoms with E-state index >= 15 is 0 Å². The van der Waals surface area contributed by atoms with Crippen LogP contribution < -0.4 is 5.32 Å². The average Bonchev–Trinajstić information content (AvgIpc) is 2.40. The van der Waals surface area contributed by atoms with Crippen molar-refractivity contribution in [3.05, 3.63) is 40.0 Å². The molecule has 0 atom stereocenters. The minimum atomic E-state index is 0.775. The number of aryl methyl sites for hydroxylation is 2. The third kappa shape index (κ3) is 2.38. The van der Waals surface area contributed by atoms with Crippen LogP contribution in [0.25, 0.3) is 11.4 Å². The third-order valence-electron chi connectivity index (χ3n) is 2.88. The summed E-state index contributed by atoms with van der Waals surface area (Å²) in [5, 5.41) is 3.10. The number of aromatic nitrogens is 2. The zero-order chi connectivity index (χ0) is 13.1. The molecule has 0 saturated heterocycles. The first kappa shape index (κ1) is 13.0. The lowest BCUT2D eigenvalue weighted by atomic mass is 10.1. The molecule has 0 amide bonds. The van der Waals surface area contributed by atoms with Crippen molar-refractivity contribution >= 4 is 21.7 Å². The molecule has 1 heterocycles. The van der Waals surface area contributed by atoms with Gasteiger partial charge in [0, 0.05) is 12.6 Å². The minimum Gasteiger partial charge on any atom is -0.372 e. The van der Waals surface area contributed by atoms with E-state index in [1.807, 2.05) is 19.2 Å². The van der Waals surface area contributed by atoms with Gasteiger partial charge < -0.3 is 5.32 Å². The maximum atomic E-state index is 4.63. The van der Waals surface area contributed by atoms with Gasteiger partial charge in [-0.15, -0.1) is 0 Å². The van der Waals surface area contributed by atoms with Crippen LogP contribution in [0.15, 0.2) is 28.7 Å². The number of nitrogens with one attached hydrogen (secondary N) is 1. The number of hydrogen-bond acceptors (Lipinski definition) is 3. The van der Waals surface area contributed by atoms with Crippen LogP contribution in [-0.4, -0.2) is 17.0 Å². The Bertz CT molecular complexity index is 542. The van der Waals surface area contributed by atoms with E-state index in [-0.39, 0.29) is 0 Å². The van der Waals surface area contributed by atoms with Gasteiger partial charge in [-0.2, -0.15) is 0 Å². The smallest absolute Gasteiger partial charge is 0.162 e. The Kier molecular flexibility index (Phi) is 3.97. The lowest BCUT2D eigenvalue weighted by molar-refractivity contribution is 0.990. The average molecular weight is 306 g/mol. The van der Waals surface area contributed by atoms with Crippen molar-refractivity contribution in [2.24, 2.45) is 0 Å². The molecule has 0 aliphatic carbocycles. The maximum absolute atomic E-state index is 4.63. The van der Waals surface area contributed by atoms with Crippen LogP contribution in [-0.2, 0) is 6.42 Å². The molecule has 0 fully saturated rings. The van der Waals surface area contributed by atoms with Crippen molar-refractivity contribution in [2.75, 3.05) is 12.4 Å². The van der Waals surface area contributed by atoms with Gasteiger partial charge in [-0.3, -0.25) is 0 Å². The molecular weight excluding hydrogens is 290 g/mol. The molecule has 0 unspecified atom stereocenters. The summed E-state index contributed by atoms with van der Waals surface area (Å²) in [4.78, 5) is 9.19. The summed E-state index contributed by atoms with van der Waals surface area (Å²) in [5.74, 6) is 1.61. The van der Waals surface area contributed by atoms with Crippen LogP contribution in [0.1, 0.15) is 18.2 Å². The highest BCUT2D eigenvalue weighted by molar-refractivity contribution is 9.10. The Morgan fingerprint density at radius 1 is 1.22 bits per heavy atom. The van der Waals surface area contributed by atoms with Gasteiger partial charge in [0.1, 0.15) is 5.82 Å². The molecular formula is C14H16BrN3. The fourth-order valence-electron chi connectivity index (χ4n) is 1.84. The standard InChI is InChI=1S/C14H16BrN3/c1-4-11-12(15)14(16-3)18-13(17-11)10-8-6-5-7-9(10)2/h5-8H,4H2,1-3H3,(H,16,17,18). The Labute approximate surface area is 116 Å². The second-order valence-corrected chi connectivity index (χ2v) is 4.87. The lowest BCUT2D eigenvalue weighted by Crippen LogP contribution is -2.03. The lowest BCUT2D eigenvalue weighted by Gasteiger charge is -2.11. The van der Waals surface area contributed by atoms with Gasteiger partial charge in [-0.25, -0.2) is 9.97 Å². The summed E-state index contributed by atoms with van der Waals surface area (Å²) in [6.07, 6.45) is 0.872. The van der Waals surface area contributed by atoms with E-state index in [1.54, 1.807) is 0 Å². The molecule has 2 rings (SSSR count). The molecule has 18 heavy (non-hydrogen) atoms. The summed E-state index contributed by atoms with van der Waals surface area (Å²) in [5.41, 5.74) is 3.28. The van der Waals surface area contributed by atoms with E-state index in [1.165, 1.54) is 5.56 Å². The molecule has 0 aliphatic heterocycles. The summed E-state index contributed by atoms with van der Waals surface area (Å²) in [6.45, 7) is 4.17. The maximum Gasteiger partial charge on any atom is 0.162 e. The van der Waals surface area contributed by atoms with E-state index < -0.39 is 0 Å². The first-order chi connectivity index (χ1) is 8.67. The van der Waals surface area contributed by atoms with Crippen molar-refractivity contribution in [1.29, 1.82) is 0 Å². The van der Waals surface area contributed by atoms with Crippen LogP contribution in [0.3, 0.4) is 0 Å². The zero-order valence-corrected chi connectivity index (χ0v) is 12.4. The number of halogens is 1. The normalized spacial score (nSPS) is 10.4. The number of hydrogen-bond donors (Lipinski definition) is 1. The predicted octanol–water partition coefficient (Wildman–Crippen LogP) is 3.82. The summed E-state index contributed by atoms with van der Waals surface area (Å²) in [6, 6.07) is 8.17. The molecule has 0 radical (unpaired) electrons. The largest absolute Gasteiger partial charge is 0.372 e. The molecule has 0 bridgehead atoms. The number of rotatable bonds is 3. The van der Waals surface area contributed by atoms with Crippen LogP contribution in [0.5, 0.6) is 0 Å². The molecule has 0 aliphatic rings. The second-order valence-electron chi connectivity index (χ2n) is 4.07. The molecule has 1 N–H and O–H groups in total. The number of anilines is 1. The summed E-state index contributed by atoms with van der Waals surface area (Å²) >= 11 is 3.54. The summed E-state index contributed by atoms with van der Waals surface area (Å²) in [7, 11) is 1.87. The molecule has 1 aromatic carbocycles. The van der Waals surface area contributed by atoms with Crippen LogP contribution in [0.2, 0.25) is 0 Å².